The van der Waals surface area contributed by atoms with Crippen molar-refractivity contribution in [1.82, 2.24) is 14.5 Å². The molecule has 0 N–H and O–H groups in total. The summed E-state index contributed by atoms with van der Waals surface area (Å²) in [5, 5.41) is 9.41. The summed E-state index contributed by atoms with van der Waals surface area (Å²) in [7, 11) is 1.62. The zero-order chi connectivity index (χ0) is 21.4. The van der Waals surface area contributed by atoms with Gasteiger partial charge < -0.3 is 4.74 Å². The Kier molecular flexibility index (Phi) is 4.93. The lowest BCUT2D eigenvalue weighted by molar-refractivity contribution is 0.175. The summed E-state index contributed by atoms with van der Waals surface area (Å²) in [5.74, 6) is 0.654. The van der Waals surface area contributed by atoms with Gasteiger partial charge in [-0.05, 0) is 60.4 Å². The van der Waals surface area contributed by atoms with E-state index in [0.29, 0.717) is 17.4 Å². The van der Waals surface area contributed by atoms with Crippen molar-refractivity contribution in [3.8, 4) is 17.5 Å². The normalized spacial score (nSPS) is 16.1. The van der Waals surface area contributed by atoms with Crippen LogP contribution >= 0.6 is 0 Å². The Hall–Kier alpha value is -3.62. The van der Waals surface area contributed by atoms with Crippen LogP contribution in [0.25, 0.3) is 16.7 Å². The number of fused-ring (bicyclic) bond motifs is 2. The zero-order valence-corrected chi connectivity index (χ0v) is 17.7. The maximum atomic E-state index is 9.41. The predicted octanol–water partition coefficient (Wildman–Crippen LogP) is 4.85. The fraction of sp³-hybridized carbons (Fsp3) is 0.231. The number of benzene rings is 3. The number of rotatable bonds is 4. The van der Waals surface area contributed by atoms with Gasteiger partial charge in [-0.25, -0.2) is 4.98 Å². The Balaban J connectivity index is 1.48. The molecule has 2 heterocycles. The van der Waals surface area contributed by atoms with E-state index in [-0.39, 0.29) is 0 Å². The average Bonchev–Trinajstić information content (AvgIpc) is 3.23. The molecule has 5 heteroatoms. The lowest BCUT2D eigenvalue weighted by atomic mass is 9.92. The second-order valence-electron chi connectivity index (χ2n) is 8.12. The van der Waals surface area contributed by atoms with Crippen molar-refractivity contribution < 1.29 is 4.74 Å². The van der Waals surface area contributed by atoms with E-state index < -0.39 is 0 Å². The van der Waals surface area contributed by atoms with Crippen LogP contribution in [0.4, 0.5) is 0 Å². The van der Waals surface area contributed by atoms with E-state index >= 15 is 0 Å². The van der Waals surface area contributed by atoms with Gasteiger partial charge >= 0.3 is 0 Å². The molecule has 5 nitrogen and oxygen atoms in total. The van der Waals surface area contributed by atoms with Gasteiger partial charge in [-0.3, -0.25) is 9.47 Å². The van der Waals surface area contributed by atoms with Crippen LogP contribution < -0.4 is 4.74 Å². The van der Waals surface area contributed by atoms with Crippen LogP contribution in [0.2, 0.25) is 0 Å². The predicted molar refractivity (Wildman–Crippen MR) is 121 cm³/mol. The first-order valence-corrected chi connectivity index (χ1v) is 10.5. The van der Waals surface area contributed by atoms with Crippen molar-refractivity contribution >= 4 is 11.0 Å². The minimum absolute atomic E-state index is 0.375. The minimum Gasteiger partial charge on any atom is -0.495 e. The van der Waals surface area contributed by atoms with Crippen molar-refractivity contribution in [2.24, 2.45) is 0 Å². The second-order valence-corrected chi connectivity index (χ2v) is 8.12. The van der Waals surface area contributed by atoms with Gasteiger partial charge in [0.2, 0.25) is 0 Å². The monoisotopic (exact) mass is 408 g/mol. The van der Waals surface area contributed by atoms with Crippen LogP contribution in [0.5, 0.6) is 5.75 Å². The lowest BCUT2D eigenvalue weighted by Gasteiger charge is -2.35. The molecule has 31 heavy (non-hydrogen) atoms. The van der Waals surface area contributed by atoms with Gasteiger partial charge in [0, 0.05) is 19.1 Å². The van der Waals surface area contributed by atoms with Crippen LogP contribution in [0.15, 0.2) is 67.0 Å². The summed E-state index contributed by atoms with van der Waals surface area (Å²) >= 11 is 0. The highest BCUT2D eigenvalue weighted by Gasteiger charge is 2.25. The fourth-order valence-corrected chi connectivity index (χ4v) is 4.54. The van der Waals surface area contributed by atoms with E-state index in [4.69, 9.17) is 4.74 Å². The Morgan fingerprint density at radius 1 is 1.10 bits per heavy atom. The van der Waals surface area contributed by atoms with Crippen molar-refractivity contribution in [3.63, 3.8) is 0 Å². The Bertz CT molecular complexity index is 1300. The smallest absolute Gasteiger partial charge is 0.136 e. The first kappa shape index (κ1) is 19.3. The first-order valence-electron chi connectivity index (χ1n) is 10.5. The number of hydrogen-bond donors (Lipinski definition) is 0. The third-order valence-electron chi connectivity index (χ3n) is 6.23. The number of methoxy groups -OCH3 is 1. The molecule has 0 fully saturated rings. The Morgan fingerprint density at radius 3 is 2.74 bits per heavy atom. The van der Waals surface area contributed by atoms with Crippen molar-refractivity contribution in [2.45, 2.75) is 32.5 Å². The van der Waals surface area contributed by atoms with Crippen molar-refractivity contribution in [2.75, 3.05) is 7.11 Å². The van der Waals surface area contributed by atoms with Crippen LogP contribution in [0.1, 0.15) is 29.2 Å². The second kappa shape index (κ2) is 7.90. The summed E-state index contributed by atoms with van der Waals surface area (Å²) in [5.41, 5.74) is 7.63. The Labute approximate surface area is 182 Å². The van der Waals surface area contributed by atoms with Gasteiger partial charge in [-0.2, -0.15) is 5.26 Å². The third kappa shape index (κ3) is 3.45. The molecular formula is C26H24N4O. The molecule has 1 unspecified atom stereocenters. The number of ether oxygens (including phenoxy) is 1. The van der Waals surface area contributed by atoms with Crippen LogP contribution in [-0.2, 0) is 19.5 Å². The maximum Gasteiger partial charge on any atom is 0.136 e. The molecule has 3 aromatic carbocycles. The quantitative estimate of drug-likeness (QED) is 0.484. The van der Waals surface area contributed by atoms with Crippen LogP contribution in [0, 0.1) is 11.3 Å². The van der Waals surface area contributed by atoms with Gasteiger partial charge in [0.05, 0.1) is 29.4 Å². The molecule has 1 atom stereocenters. The average molecular weight is 409 g/mol. The molecule has 1 aromatic heterocycles. The standard InChI is InChI=1S/C26H24N4O/c1-18-11-20-12-21(14-27)26(31-2)13-22(20)16-29(18)15-19-7-3-5-9-24(19)30-17-28-23-8-4-6-10-25(23)30/h3-10,12-13,17-18H,11,15-16H2,1-2H3. The molecule has 0 aliphatic carbocycles. The molecule has 154 valence electrons. The van der Waals surface area contributed by atoms with Crippen LogP contribution in [0.3, 0.4) is 0 Å². The van der Waals surface area contributed by atoms with E-state index in [9.17, 15) is 5.26 Å². The number of aromatic nitrogens is 2. The molecular weight excluding hydrogens is 384 g/mol. The van der Waals surface area contributed by atoms with E-state index in [1.54, 1.807) is 7.11 Å². The highest BCUT2D eigenvalue weighted by molar-refractivity contribution is 5.77. The SMILES string of the molecule is COc1cc2c(cc1C#N)CC(C)N(Cc1ccccc1-n1cnc3ccccc31)C2. The topological polar surface area (TPSA) is 54.1 Å². The highest BCUT2D eigenvalue weighted by Crippen LogP contribution is 2.31. The van der Waals surface area contributed by atoms with Crippen LogP contribution in [-0.4, -0.2) is 27.6 Å². The molecule has 5 rings (SSSR count). The van der Waals surface area contributed by atoms with Gasteiger partial charge in [-0.1, -0.05) is 30.3 Å². The zero-order valence-electron chi connectivity index (χ0n) is 17.7. The summed E-state index contributed by atoms with van der Waals surface area (Å²) in [6, 6.07) is 23.4. The number of imidazole rings is 1. The summed E-state index contributed by atoms with van der Waals surface area (Å²) < 4.78 is 7.62. The molecule has 4 aromatic rings. The van der Waals surface area contributed by atoms with Crippen molar-refractivity contribution in [1.29, 1.82) is 5.26 Å². The molecule has 1 aliphatic heterocycles. The summed E-state index contributed by atoms with van der Waals surface area (Å²) in [4.78, 5) is 7.06. The van der Waals surface area contributed by atoms with E-state index in [1.807, 2.05) is 30.6 Å². The van der Waals surface area contributed by atoms with Gasteiger partial charge in [0.15, 0.2) is 0 Å². The van der Waals surface area contributed by atoms with Gasteiger partial charge in [0.25, 0.3) is 0 Å². The van der Waals surface area contributed by atoms with Gasteiger partial charge in [0.1, 0.15) is 18.1 Å². The largest absolute Gasteiger partial charge is 0.495 e. The maximum absolute atomic E-state index is 9.41. The number of para-hydroxylation sites is 3. The molecule has 0 radical (unpaired) electrons. The number of nitriles is 1. The molecule has 0 saturated heterocycles. The van der Waals surface area contributed by atoms with Crippen molar-refractivity contribution in [3.05, 3.63) is 89.2 Å². The molecule has 0 spiro atoms. The third-order valence-corrected chi connectivity index (χ3v) is 6.23. The first-order chi connectivity index (χ1) is 15.2. The van der Waals surface area contributed by atoms with E-state index in [2.05, 4.69) is 63.8 Å². The van der Waals surface area contributed by atoms with E-state index in [0.717, 1.165) is 36.2 Å². The molecule has 0 amide bonds. The number of hydrogen-bond acceptors (Lipinski definition) is 4. The number of nitrogens with zero attached hydrogens (tertiary/aromatic N) is 4. The summed E-state index contributed by atoms with van der Waals surface area (Å²) in [6.07, 6.45) is 2.83. The summed E-state index contributed by atoms with van der Waals surface area (Å²) in [6.45, 7) is 3.93. The minimum atomic E-state index is 0.375. The molecule has 0 bridgehead atoms. The lowest BCUT2D eigenvalue weighted by Crippen LogP contribution is -2.38. The fourth-order valence-electron chi connectivity index (χ4n) is 4.54. The molecule has 1 aliphatic rings. The van der Waals surface area contributed by atoms with Gasteiger partial charge in [-0.15, -0.1) is 0 Å². The highest BCUT2D eigenvalue weighted by atomic mass is 16.5. The molecule has 0 saturated carbocycles. The van der Waals surface area contributed by atoms with E-state index in [1.165, 1.54) is 16.7 Å². The Morgan fingerprint density at radius 2 is 1.90 bits per heavy atom.